The molecular formula is C59H38N4O2. The highest BCUT2D eigenvalue weighted by Crippen LogP contribution is 2.42. The molecule has 306 valence electrons. The van der Waals surface area contributed by atoms with Crippen LogP contribution in [0.4, 0.5) is 0 Å². The van der Waals surface area contributed by atoms with E-state index in [2.05, 4.69) is 192 Å². The molecule has 0 N–H and O–H groups in total. The Morgan fingerprint density at radius 2 is 0.969 bits per heavy atom. The van der Waals surface area contributed by atoms with Crippen LogP contribution in [0.2, 0.25) is 0 Å². The van der Waals surface area contributed by atoms with Gasteiger partial charge in [0.25, 0.3) is 0 Å². The van der Waals surface area contributed by atoms with Crippen LogP contribution in [0, 0.1) is 5.92 Å². The number of para-hydroxylation sites is 5. The average molecular weight is 835 g/mol. The Labute approximate surface area is 372 Å². The Kier molecular flexibility index (Phi) is 7.63. The zero-order chi connectivity index (χ0) is 42.8. The lowest BCUT2D eigenvalue weighted by molar-refractivity contribution is 0.668. The van der Waals surface area contributed by atoms with Gasteiger partial charge in [0.05, 0.1) is 33.5 Å². The molecule has 5 heterocycles. The molecule has 0 saturated heterocycles. The van der Waals surface area contributed by atoms with Gasteiger partial charge in [-0.3, -0.25) is 4.57 Å². The molecule has 1 aliphatic rings. The standard InChI is InChI=1S/C59H38N4O2/c1-35-26-28-48(47-33-46-43-20-8-13-25-55(43)65-57(46)34-53(47)62-49-21-9-6-18-41(49)44-30-36-14-2-3-15-37(36)32-52(44)62)60-58(38-27-29-56-45(31-38)42-19-7-12-24-54(42)64-56)61-59(35)63-50-22-10-4-16-39(50)40-17-5-11-23-51(40)63/h2-25,27-35H,26H2,1H3/b48-28+,60-58?,61-59?. The first-order valence-electron chi connectivity index (χ1n) is 22.3. The Morgan fingerprint density at radius 3 is 1.66 bits per heavy atom. The minimum Gasteiger partial charge on any atom is -0.456 e. The molecule has 6 nitrogen and oxygen atoms in total. The van der Waals surface area contributed by atoms with Gasteiger partial charge >= 0.3 is 0 Å². The summed E-state index contributed by atoms with van der Waals surface area (Å²) in [6.45, 7) is 2.29. The highest BCUT2D eigenvalue weighted by Gasteiger charge is 2.26. The number of aromatic nitrogens is 2. The van der Waals surface area contributed by atoms with Gasteiger partial charge in [0.2, 0.25) is 0 Å². The maximum absolute atomic E-state index is 6.67. The maximum Gasteiger partial charge on any atom is 0.161 e. The lowest BCUT2D eigenvalue weighted by atomic mass is 9.99. The van der Waals surface area contributed by atoms with E-state index in [1.807, 2.05) is 18.2 Å². The van der Waals surface area contributed by atoms with Crippen molar-refractivity contribution in [1.29, 1.82) is 0 Å². The van der Waals surface area contributed by atoms with E-state index in [1.54, 1.807) is 0 Å². The van der Waals surface area contributed by atoms with Crippen molar-refractivity contribution >= 4 is 116 Å². The summed E-state index contributed by atoms with van der Waals surface area (Å²) in [5.41, 5.74) is 11.6. The van der Waals surface area contributed by atoms with E-state index in [9.17, 15) is 0 Å². The molecular weight excluding hydrogens is 797 g/mol. The predicted molar refractivity (Wildman–Crippen MR) is 270 cm³/mol. The summed E-state index contributed by atoms with van der Waals surface area (Å²) in [6, 6.07) is 66.7. The first-order valence-corrected chi connectivity index (χ1v) is 22.3. The van der Waals surface area contributed by atoms with Crippen LogP contribution in [0.3, 0.4) is 0 Å². The van der Waals surface area contributed by atoms with Gasteiger partial charge in [-0.1, -0.05) is 128 Å². The molecule has 13 aromatic rings. The first-order chi connectivity index (χ1) is 32.1. The fourth-order valence-electron chi connectivity index (χ4n) is 10.5. The van der Waals surface area contributed by atoms with Crippen LogP contribution in [0.15, 0.2) is 213 Å². The highest BCUT2D eigenvalue weighted by molar-refractivity contribution is 6.20. The molecule has 0 saturated carbocycles. The smallest absolute Gasteiger partial charge is 0.161 e. The van der Waals surface area contributed by atoms with Crippen LogP contribution in [-0.2, 0) is 0 Å². The third kappa shape index (κ3) is 5.41. The number of fused-ring (bicyclic) bond motifs is 13. The van der Waals surface area contributed by atoms with Crippen molar-refractivity contribution in [1.82, 2.24) is 9.13 Å². The summed E-state index contributed by atoms with van der Waals surface area (Å²) >= 11 is 0. The third-order valence-corrected chi connectivity index (χ3v) is 13.5. The van der Waals surface area contributed by atoms with Crippen LogP contribution < -0.4 is 0 Å². The van der Waals surface area contributed by atoms with E-state index >= 15 is 0 Å². The molecule has 0 fully saturated rings. The monoisotopic (exact) mass is 834 g/mol. The number of nitrogens with zero attached hydrogens (tertiary/aromatic N) is 4. The van der Waals surface area contributed by atoms with Crippen LogP contribution in [-0.4, -0.2) is 20.8 Å². The normalized spacial score (nSPS) is 15.7. The Hall–Kier alpha value is -8.48. The minimum atomic E-state index is 0.00902. The van der Waals surface area contributed by atoms with Gasteiger partial charge in [-0.2, -0.15) is 0 Å². The average Bonchev–Trinajstić information content (AvgIpc) is 4.09. The van der Waals surface area contributed by atoms with E-state index in [0.29, 0.717) is 12.3 Å². The lowest BCUT2D eigenvalue weighted by Crippen LogP contribution is -2.23. The fourth-order valence-corrected chi connectivity index (χ4v) is 10.5. The van der Waals surface area contributed by atoms with Gasteiger partial charge < -0.3 is 13.4 Å². The third-order valence-electron chi connectivity index (χ3n) is 13.5. The van der Waals surface area contributed by atoms with Crippen molar-refractivity contribution in [2.24, 2.45) is 15.9 Å². The molecule has 65 heavy (non-hydrogen) atoms. The second-order valence-electron chi connectivity index (χ2n) is 17.3. The number of aliphatic imine (C=N–C) groups is 2. The molecule has 6 heteroatoms. The minimum absolute atomic E-state index is 0.00902. The zero-order valence-electron chi connectivity index (χ0n) is 35.4. The molecule has 1 unspecified atom stereocenters. The zero-order valence-corrected chi connectivity index (χ0v) is 35.4. The molecule has 0 bridgehead atoms. The Bertz CT molecular complexity index is 4190. The molecule has 0 spiro atoms. The number of rotatable bonds is 3. The second-order valence-corrected chi connectivity index (χ2v) is 17.3. The Morgan fingerprint density at radius 1 is 0.431 bits per heavy atom. The number of hydrogen-bond donors (Lipinski definition) is 0. The number of benzene rings is 9. The van der Waals surface area contributed by atoms with Crippen molar-refractivity contribution in [3.05, 3.63) is 205 Å². The van der Waals surface area contributed by atoms with E-state index < -0.39 is 0 Å². The largest absolute Gasteiger partial charge is 0.456 e. The van der Waals surface area contributed by atoms with Crippen molar-refractivity contribution in [3.63, 3.8) is 0 Å². The molecule has 0 aliphatic carbocycles. The van der Waals surface area contributed by atoms with Crippen molar-refractivity contribution in [2.45, 2.75) is 13.3 Å². The number of amidine groups is 1. The second kappa shape index (κ2) is 13.8. The lowest BCUT2D eigenvalue weighted by Gasteiger charge is -2.21. The van der Waals surface area contributed by atoms with Crippen molar-refractivity contribution < 1.29 is 8.83 Å². The summed E-state index contributed by atoms with van der Waals surface area (Å²) in [7, 11) is 0. The van der Waals surface area contributed by atoms with Gasteiger partial charge in [-0.15, -0.1) is 0 Å². The molecule has 1 atom stereocenters. The van der Waals surface area contributed by atoms with Crippen LogP contribution in [0.1, 0.15) is 24.5 Å². The molecule has 1 aliphatic heterocycles. The number of hydrogen-bond acceptors (Lipinski definition) is 4. The SMILES string of the molecule is CC1C/C=C(\c2cc3c(cc2-n2c4ccccc4c4cc5ccccc5cc42)oc2ccccc23)N=C(c2ccc3oc4ccccc4c3c2)N=C1n1c2ccccc2c2ccccc21. The number of furan rings is 2. The quantitative estimate of drug-likeness (QED) is 0.178. The summed E-state index contributed by atoms with van der Waals surface area (Å²) < 4.78 is 17.8. The fraction of sp³-hybridized carbons (Fsp3) is 0.0508. The Balaban J connectivity index is 1.08. The van der Waals surface area contributed by atoms with Crippen LogP contribution in [0.25, 0.3) is 110 Å². The van der Waals surface area contributed by atoms with Crippen LogP contribution >= 0.6 is 0 Å². The number of allylic oxidation sites excluding steroid dienone is 1. The summed E-state index contributed by atoms with van der Waals surface area (Å²) in [6.07, 6.45) is 3.04. The van der Waals surface area contributed by atoms with Gasteiger partial charge in [0, 0.05) is 66.2 Å². The molecule has 9 aromatic carbocycles. The van der Waals surface area contributed by atoms with Gasteiger partial charge in [0.15, 0.2) is 5.84 Å². The summed E-state index contributed by atoms with van der Waals surface area (Å²) in [4.78, 5) is 11.5. The molecule has 0 radical (unpaired) electrons. The summed E-state index contributed by atoms with van der Waals surface area (Å²) in [5.74, 6) is 1.58. The molecule has 14 rings (SSSR count). The van der Waals surface area contributed by atoms with Gasteiger partial charge in [-0.25, -0.2) is 9.98 Å². The van der Waals surface area contributed by atoms with E-state index in [1.165, 1.54) is 32.3 Å². The molecule has 4 aromatic heterocycles. The first kappa shape index (κ1) is 36.0. The van der Waals surface area contributed by atoms with Crippen molar-refractivity contribution in [2.75, 3.05) is 0 Å². The predicted octanol–water partition coefficient (Wildman–Crippen LogP) is 15.6. The summed E-state index contributed by atoms with van der Waals surface area (Å²) in [5, 5.41) is 11.4. The highest BCUT2D eigenvalue weighted by atomic mass is 16.3. The molecule has 0 amide bonds. The van der Waals surface area contributed by atoms with E-state index in [4.69, 9.17) is 18.8 Å². The van der Waals surface area contributed by atoms with Gasteiger partial charge in [0.1, 0.15) is 28.2 Å². The van der Waals surface area contributed by atoms with E-state index in [0.717, 1.165) is 94.3 Å². The van der Waals surface area contributed by atoms with Crippen LogP contribution in [0.5, 0.6) is 0 Å². The topological polar surface area (TPSA) is 60.9 Å². The van der Waals surface area contributed by atoms with E-state index in [-0.39, 0.29) is 5.92 Å². The maximum atomic E-state index is 6.67. The van der Waals surface area contributed by atoms with Gasteiger partial charge in [-0.05, 0) is 83.9 Å². The van der Waals surface area contributed by atoms with Crippen molar-refractivity contribution in [3.8, 4) is 5.69 Å².